The molecule has 0 unspecified atom stereocenters. The summed E-state index contributed by atoms with van der Waals surface area (Å²) in [6.07, 6.45) is 2.91. The second kappa shape index (κ2) is 7.01. The molecule has 0 aliphatic carbocycles. The van der Waals surface area contributed by atoms with E-state index < -0.39 is 15.7 Å². The number of fused-ring (bicyclic) bond motifs is 1. The van der Waals surface area contributed by atoms with Crippen molar-refractivity contribution in [2.24, 2.45) is 0 Å². The average Bonchev–Trinajstić information content (AvgIpc) is 3.02. The van der Waals surface area contributed by atoms with Gasteiger partial charge < -0.3 is 4.98 Å². The molecule has 0 aliphatic heterocycles. The van der Waals surface area contributed by atoms with E-state index in [9.17, 15) is 18.0 Å². The predicted octanol–water partition coefficient (Wildman–Crippen LogP) is 1.58. The van der Waals surface area contributed by atoms with Crippen LogP contribution >= 0.6 is 0 Å². The van der Waals surface area contributed by atoms with Gasteiger partial charge in [-0.1, -0.05) is 24.3 Å². The molecule has 2 aromatic carbocycles. The van der Waals surface area contributed by atoms with Crippen molar-refractivity contribution in [2.75, 3.05) is 6.26 Å². The predicted molar refractivity (Wildman–Crippen MR) is 97.2 cm³/mol. The third kappa shape index (κ3) is 3.92. The number of hydrogen-bond acceptors (Lipinski definition) is 4. The lowest BCUT2D eigenvalue weighted by Gasteiger charge is -2.08. The Bertz CT molecular complexity index is 1090. The van der Waals surface area contributed by atoms with Crippen LogP contribution in [-0.4, -0.2) is 31.5 Å². The third-order valence-corrected chi connectivity index (χ3v) is 4.98. The van der Waals surface area contributed by atoms with Gasteiger partial charge in [0.25, 0.3) is 5.91 Å². The highest BCUT2D eigenvalue weighted by Crippen LogP contribution is 2.17. The number of nitrogens with one attached hydrogen (secondary N) is 3. The second-order valence-corrected chi connectivity index (χ2v) is 7.85. The zero-order valence-corrected chi connectivity index (χ0v) is 14.8. The molecular weight excluding hydrogens is 354 g/mol. The Kier molecular flexibility index (Phi) is 4.77. The van der Waals surface area contributed by atoms with Gasteiger partial charge in [0, 0.05) is 28.9 Å². The molecule has 2 amide bonds. The van der Waals surface area contributed by atoms with Crippen LogP contribution in [0.3, 0.4) is 0 Å². The molecule has 7 nitrogen and oxygen atoms in total. The van der Waals surface area contributed by atoms with E-state index in [0.29, 0.717) is 0 Å². The Labute approximate surface area is 150 Å². The first-order valence-corrected chi connectivity index (χ1v) is 9.68. The summed E-state index contributed by atoms with van der Waals surface area (Å²) < 4.78 is 23.1. The highest BCUT2D eigenvalue weighted by atomic mass is 32.2. The van der Waals surface area contributed by atoms with E-state index in [1.54, 1.807) is 6.20 Å². The van der Waals surface area contributed by atoms with Gasteiger partial charge >= 0.3 is 0 Å². The number of hydrazine groups is 1. The van der Waals surface area contributed by atoms with Crippen LogP contribution in [0.1, 0.15) is 15.9 Å². The summed E-state index contributed by atoms with van der Waals surface area (Å²) in [6.45, 7) is 0. The van der Waals surface area contributed by atoms with E-state index in [-0.39, 0.29) is 22.8 Å². The molecule has 0 saturated heterocycles. The number of sulfone groups is 1. The lowest BCUT2D eigenvalue weighted by Crippen LogP contribution is -2.42. The molecule has 3 aromatic rings. The van der Waals surface area contributed by atoms with Crippen molar-refractivity contribution < 1.29 is 18.0 Å². The zero-order chi connectivity index (χ0) is 18.7. The summed E-state index contributed by atoms with van der Waals surface area (Å²) in [5.74, 6) is -0.981. The van der Waals surface area contributed by atoms with Crippen LogP contribution < -0.4 is 10.9 Å². The van der Waals surface area contributed by atoms with Crippen molar-refractivity contribution in [3.05, 3.63) is 65.9 Å². The first-order valence-electron chi connectivity index (χ1n) is 7.79. The maximum atomic E-state index is 12.1. The van der Waals surface area contributed by atoms with E-state index in [4.69, 9.17) is 0 Å². The van der Waals surface area contributed by atoms with Crippen molar-refractivity contribution in [2.45, 2.75) is 11.3 Å². The van der Waals surface area contributed by atoms with Crippen LogP contribution in [0.15, 0.2) is 59.6 Å². The number of carbonyl (C=O) groups excluding carboxylic acids is 2. The van der Waals surface area contributed by atoms with Crippen LogP contribution in [0, 0.1) is 0 Å². The Morgan fingerprint density at radius 1 is 1.04 bits per heavy atom. The number of aromatic nitrogens is 1. The minimum Gasteiger partial charge on any atom is -0.361 e. The van der Waals surface area contributed by atoms with Crippen LogP contribution in [0.25, 0.3) is 10.9 Å². The smallest absolute Gasteiger partial charge is 0.269 e. The number of rotatable bonds is 4. The molecule has 0 saturated carbocycles. The van der Waals surface area contributed by atoms with E-state index >= 15 is 0 Å². The number of carbonyl (C=O) groups is 2. The molecule has 26 heavy (non-hydrogen) atoms. The van der Waals surface area contributed by atoms with Crippen LogP contribution in [0.4, 0.5) is 0 Å². The normalized spacial score (nSPS) is 11.3. The molecule has 0 radical (unpaired) electrons. The molecule has 3 rings (SSSR count). The van der Waals surface area contributed by atoms with Crippen molar-refractivity contribution in [1.29, 1.82) is 0 Å². The number of benzene rings is 2. The molecule has 0 bridgehead atoms. The van der Waals surface area contributed by atoms with Gasteiger partial charge in [0.05, 0.1) is 11.3 Å². The number of H-pyrrole nitrogens is 1. The van der Waals surface area contributed by atoms with Crippen molar-refractivity contribution >= 4 is 32.6 Å². The molecule has 0 spiro atoms. The summed E-state index contributed by atoms with van der Waals surface area (Å²) in [4.78, 5) is 27.3. The largest absolute Gasteiger partial charge is 0.361 e. The van der Waals surface area contributed by atoms with Gasteiger partial charge in [0.2, 0.25) is 5.91 Å². The van der Waals surface area contributed by atoms with Crippen LogP contribution in [0.2, 0.25) is 0 Å². The quantitative estimate of drug-likeness (QED) is 0.605. The van der Waals surface area contributed by atoms with Gasteiger partial charge in [0.1, 0.15) is 0 Å². The van der Waals surface area contributed by atoms with E-state index in [2.05, 4.69) is 15.8 Å². The first-order chi connectivity index (χ1) is 12.3. The molecular formula is C18H17N3O4S. The third-order valence-electron chi connectivity index (χ3n) is 3.87. The monoisotopic (exact) mass is 371 g/mol. The molecule has 0 fully saturated rings. The van der Waals surface area contributed by atoms with Crippen molar-refractivity contribution in [3.8, 4) is 0 Å². The van der Waals surface area contributed by atoms with Gasteiger partial charge in [-0.05, 0) is 29.8 Å². The summed E-state index contributed by atoms with van der Waals surface area (Å²) in [6, 6.07) is 13.2. The molecule has 0 aliphatic rings. The highest BCUT2D eigenvalue weighted by molar-refractivity contribution is 7.90. The van der Waals surface area contributed by atoms with Gasteiger partial charge in [-0.25, -0.2) is 8.42 Å². The molecule has 134 valence electrons. The highest BCUT2D eigenvalue weighted by Gasteiger charge is 2.13. The van der Waals surface area contributed by atoms with Crippen LogP contribution in [0.5, 0.6) is 0 Å². The van der Waals surface area contributed by atoms with Gasteiger partial charge in [-0.15, -0.1) is 0 Å². The van der Waals surface area contributed by atoms with Crippen molar-refractivity contribution in [3.63, 3.8) is 0 Å². The van der Waals surface area contributed by atoms with E-state index in [0.717, 1.165) is 22.7 Å². The lowest BCUT2D eigenvalue weighted by atomic mass is 10.1. The SMILES string of the molecule is CS(=O)(=O)c1cccc(C(=O)NNC(=O)Cc2c[nH]c3ccccc23)c1. The summed E-state index contributed by atoms with van der Waals surface area (Å²) in [7, 11) is -3.42. The maximum absolute atomic E-state index is 12.1. The topological polar surface area (TPSA) is 108 Å². The molecule has 0 atom stereocenters. The lowest BCUT2D eigenvalue weighted by molar-refractivity contribution is -0.121. The molecule has 8 heteroatoms. The van der Waals surface area contributed by atoms with Crippen LogP contribution in [-0.2, 0) is 21.1 Å². The fraction of sp³-hybridized carbons (Fsp3) is 0.111. The first kappa shape index (κ1) is 17.7. The Hall–Kier alpha value is -3.13. The Balaban J connectivity index is 1.63. The summed E-state index contributed by atoms with van der Waals surface area (Å²) in [5.41, 5.74) is 6.51. The minimum absolute atomic E-state index is 0.0373. The fourth-order valence-corrected chi connectivity index (χ4v) is 3.23. The fourth-order valence-electron chi connectivity index (χ4n) is 2.56. The average molecular weight is 371 g/mol. The van der Waals surface area contributed by atoms with E-state index in [1.807, 2.05) is 24.3 Å². The number of amides is 2. The molecule has 3 N–H and O–H groups in total. The molecule has 1 heterocycles. The number of hydrogen-bond donors (Lipinski definition) is 3. The van der Waals surface area contributed by atoms with Gasteiger partial charge in [-0.3, -0.25) is 20.4 Å². The van der Waals surface area contributed by atoms with E-state index in [1.165, 1.54) is 24.3 Å². The zero-order valence-electron chi connectivity index (χ0n) is 13.9. The number of para-hydroxylation sites is 1. The molecule has 1 aromatic heterocycles. The number of aromatic amines is 1. The summed E-state index contributed by atoms with van der Waals surface area (Å²) >= 11 is 0. The van der Waals surface area contributed by atoms with Gasteiger partial charge in [-0.2, -0.15) is 0 Å². The Morgan fingerprint density at radius 2 is 1.81 bits per heavy atom. The van der Waals surface area contributed by atoms with Crippen molar-refractivity contribution in [1.82, 2.24) is 15.8 Å². The van der Waals surface area contributed by atoms with Gasteiger partial charge in [0.15, 0.2) is 9.84 Å². The second-order valence-electron chi connectivity index (χ2n) is 5.84. The Morgan fingerprint density at radius 3 is 2.58 bits per heavy atom. The standard InChI is InChI=1S/C18H17N3O4S/c1-26(24,25)14-6-4-5-12(9-14)18(23)21-20-17(22)10-13-11-19-16-8-3-2-7-15(13)16/h2-9,11,19H,10H2,1H3,(H,20,22)(H,21,23). The minimum atomic E-state index is -3.42. The summed E-state index contributed by atoms with van der Waals surface area (Å²) in [5, 5.41) is 0.940. The maximum Gasteiger partial charge on any atom is 0.269 e.